The van der Waals surface area contributed by atoms with Gasteiger partial charge in [0.1, 0.15) is 17.6 Å². The lowest BCUT2D eigenvalue weighted by Crippen LogP contribution is -2.33. The van der Waals surface area contributed by atoms with E-state index in [2.05, 4.69) is 13.8 Å². The van der Waals surface area contributed by atoms with Crippen LogP contribution in [-0.4, -0.2) is 13.2 Å². The van der Waals surface area contributed by atoms with Gasteiger partial charge in [0.25, 0.3) is 0 Å². The van der Waals surface area contributed by atoms with Crippen molar-refractivity contribution in [1.82, 2.24) is 0 Å². The summed E-state index contributed by atoms with van der Waals surface area (Å²) in [5, 5.41) is 0. The molecule has 2 N–H and O–H groups in total. The molecule has 0 saturated heterocycles. The molecular weight excluding hydrogens is 202 g/mol. The van der Waals surface area contributed by atoms with Crippen molar-refractivity contribution in [2.45, 2.75) is 32.4 Å². The molecule has 2 atom stereocenters. The number of nitrogens with two attached hydrogens (primary N) is 1. The average Bonchev–Trinajstić information content (AvgIpc) is 2.28. The summed E-state index contributed by atoms with van der Waals surface area (Å²) in [7, 11) is 1.66. The molecule has 88 valence electrons. The quantitative estimate of drug-likeness (QED) is 0.834. The highest BCUT2D eigenvalue weighted by molar-refractivity contribution is 5.43. The molecule has 1 aromatic carbocycles. The van der Waals surface area contributed by atoms with Gasteiger partial charge in [-0.05, 0) is 24.1 Å². The molecule has 0 spiro atoms. The zero-order valence-electron chi connectivity index (χ0n) is 10.1. The molecule has 0 aliphatic carbocycles. The summed E-state index contributed by atoms with van der Waals surface area (Å²) in [6.07, 6.45) is 1.09. The number of rotatable bonds is 2. The van der Waals surface area contributed by atoms with Crippen molar-refractivity contribution < 1.29 is 9.47 Å². The first-order chi connectivity index (χ1) is 7.61. The molecule has 2 rings (SSSR count). The molecule has 0 bridgehead atoms. The van der Waals surface area contributed by atoms with Gasteiger partial charge in [-0.15, -0.1) is 0 Å². The molecule has 1 heterocycles. The van der Waals surface area contributed by atoms with Crippen molar-refractivity contribution in [3.05, 3.63) is 23.8 Å². The highest BCUT2D eigenvalue weighted by Gasteiger charge is 2.28. The van der Waals surface area contributed by atoms with Gasteiger partial charge in [-0.3, -0.25) is 0 Å². The van der Waals surface area contributed by atoms with Crippen LogP contribution < -0.4 is 15.2 Å². The van der Waals surface area contributed by atoms with Crippen LogP contribution >= 0.6 is 0 Å². The fourth-order valence-electron chi connectivity index (χ4n) is 2.05. The lowest BCUT2D eigenvalue weighted by Gasteiger charge is -2.32. The normalized spacial score (nSPS) is 23.8. The molecule has 0 saturated carbocycles. The summed E-state index contributed by atoms with van der Waals surface area (Å²) in [6, 6.07) is 5.87. The van der Waals surface area contributed by atoms with E-state index < -0.39 is 0 Å². The molecule has 1 unspecified atom stereocenters. The Morgan fingerprint density at radius 2 is 2.19 bits per heavy atom. The van der Waals surface area contributed by atoms with Gasteiger partial charge >= 0.3 is 0 Å². The smallest absolute Gasteiger partial charge is 0.124 e. The minimum absolute atomic E-state index is 0.0475. The second-order valence-electron chi connectivity index (χ2n) is 4.65. The second-order valence-corrected chi connectivity index (χ2v) is 4.65. The summed E-state index contributed by atoms with van der Waals surface area (Å²) in [4.78, 5) is 0. The maximum Gasteiger partial charge on any atom is 0.124 e. The summed E-state index contributed by atoms with van der Waals surface area (Å²) < 4.78 is 11.1. The largest absolute Gasteiger partial charge is 0.497 e. The fraction of sp³-hybridized carbons (Fsp3) is 0.538. The van der Waals surface area contributed by atoms with Crippen LogP contribution in [0.1, 0.15) is 31.9 Å². The van der Waals surface area contributed by atoms with Crippen LogP contribution in [0.3, 0.4) is 0 Å². The van der Waals surface area contributed by atoms with E-state index in [1.165, 1.54) is 0 Å². The third-order valence-corrected chi connectivity index (χ3v) is 3.12. The maximum absolute atomic E-state index is 6.16. The topological polar surface area (TPSA) is 44.5 Å². The van der Waals surface area contributed by atoms with E-state index in [1.807, 2.05) is 18.2 Å². The third-order valence-electron chi connectivity index (χ3n) is 3.12. The molecule has 3 heteroatoms. The van der Waals surface area contributed by atoms with Crippen molar-refractivity contribution in [2.24, 2.45) is 11.7 Å². The van der Waals surface area contributed by atoms with Crippen LogP contribution in [0.5, 0.6) is 11.5 Å². The van der Waals surface area contributed by atoms with Gasteiger partial charge in [0.05, 0.1) is 7.11 Å². The van der Waals surface area contributed by atoms with Crippen LogP contribution in [0.25, 0.3) is 0 Å². The van der Waals surface area contributed by atoms with Crippen molar-refractivity contribution in [2.75, 3.05) is 7.11 Å². The average molecular weight is 221 g/mol. The Morgan fingerprint density at radius 1 is 1.44 bits per heavy atom. The van der Waals surface area contributed by atoms with Crippen LogP contribution in [-0.2, 0) is 0 Å². The van der Waals surface area contributed by atoms with E-state index in [4.69, 9.17) is 15.2 Å². The molecule has 16 heavy (non-hydrogen) atoms. The minimum Gasteiger partial charge on any atom is -0.497 e. The van der Waals surface area contributed by atoms with Crippen LogP contribution in [0.4, 0.5) is 0 Å². The van der Waals surface area contributed by atoms with Crippen LogP contribution in [0, 0.1) is 5.92 Å². The minimum atomic E-state index is 0.0475. The maximum atomic E-state index is 6.16. The van der Waals surface area contributed by atoms with Crippen molar-refractivity contribution in [3.63, 3.8) is 0 Å². The zero-order chi connectivity index (χ0) is 11.7. The number of hydrogen-bond donors (Lipinski definition) is 1. The summed E-state index contributed by atoms with van der Waals surface area (Å²) in [6.45, 7) is 4.32. The van der Waals surface area contributed by atoms with Gasteiger partial charge in [0.15, 0.2) is 0 Å². The van der Waals surface area contributed by atoms with Gasteiger partial charge in [-0.25, -0.2) is 0 Å². The highest BCUT2D eigenvalue weighted by Crippen LogP contribution is 2.37. The predicted molar refractivity (Wildman–Crippen MR) is 63.8 cm³/mol. The summed E-state index contributed by atoms with van der Waals surface area (Å²) in [5.41, 5.74) is 7.21. The van der Waals surface area contributed by atoms with Gasteiger partial charge in [-0.1, -0.05) is 13.8 Å². The standard InChI is InChI=1S/C13H19NO2/c1-8(2)13-7-11(14)10-6-9(15-3)4-5-12(10)16-13/h4-6,8,11,13H,7,14H2,1-3H3/t11-,13?/m0/s1. The summed E-state index contributed by atoms with van der Waals surface area (Å²) in [5.74, 6) is 2.22. The molecule has 1 aliphatic heterocycles. The van der Waals surface area contributed by atoms with Crippen molar-refractivity contribution >= 4 is 0 Å². The molecule has 1 aromatic rings. The van der Waals surface area contributed by atoms with E-state index in [-0.39, 0.29) is 12.1 Å². The third kappa shape index (κ3) is 2.00. The first kappa shape index (κ1) is 11.3. The van der Waals surface area contributed by atoms with Gasteiger partial charge in [0, 0.05) is 18.0 Å². The number of benzene rings is 1. The Kier molecular flexibility index (Phi) is 3.06. The van der Waals surface area contributed by atoms with E-state index in [9.17, 15) is 0 Å². The lowest BCUT2D eigenvalue weighted by atomic mass is 9.92. The van der Waals surface area contributed by atoms with E-state index in [0.717, 1.165) is 23.5 Å². The lowest BCUT2D eigenvalue weighted by molar-refractivity contribution is 0.115. The van der Waals surface area contributed by atoms with Crippen molar-refractivity contribution in [1.29, 1.82) is 0 Å². The first-order valence-electron chi connectivity index (χ1n) is 5.72. The molecule has 0 aromatic heterocycles. The Labute approximate surface area is 96.5 Å². The number of fused-ring (bicyclic) bond motifs is 1. The monoisotopic (exact) mass is 221 g/mol. The Hall–Kier alpha value is -1.22. The molecular formula is C13H19NO2. The zero-order valence-corrected chi connectivity index (χ0v) is 10.1. The van der Waals surface area contributed by atoms with E-state index in [0.29, 0.717) is 5.92 Å². The van der Waals surface area contributed by atoms with Crippen molar-refractivity contribution in [3.8, 4) is 11.5 Å². The molecule has 1 aliphatic rings. The predicted octanol–water partition coefficient (Wildman–Crippen LogP) is 2.50. The van der Waals surface area contributed by atoms with Gasteiger partial charge in [0.2, 0.25) is 0 Å². The molecule has 0 amide bonds. The van der Waals surface area contributed by atoms with E-state index >= 15 is 0 Å². The second kappa shape index (κ2) is 4.34. The first-order valence-corrected chi connectivity index (χ1v) is 5.72. The van der Waals surface area contributed by atoms with Crippen LogP contribution in [0.15, 0.2) is 18.2 Å². The Bertz CT molecular complexity index is 376. The van der Waals surface area contributed by atoms with E-state index in [1.54, 1.807) is 7.11 Å². The highest BCUT2D eigenvalue weighted by atomic mass is 16.5. The Morgan fingerprint density at radius 3 is 2.81 bits per heavy atom. The van der Waals surface area contributed by atoms with Gasteiger partial charge in [-0.2, -0.15) is 0 Å². The van der Waals surface area contributed by atoms with Crippen LogP contribution in [0.2, 0.25) is 0 Å². The SMILES string of the molecule is COc1ccc2c(c1)[C@@H](N)CC(C(C)C)O2. The molecule has 3 nitrogen and oxygen atoms in total. The fourth-order valence-corrected chi connectivity index (χ4v) is 2.05. The number of ether oxygens (including phenoxy) is 2. The van der Waals surface area contributed by atoms with Gasteiger partial charge < -0.3 is 15.2 Å². The number of methoxy groups -OCH3 is 1. The number of hydrogen-bond acceptors (Lipinski definition) is 3. The molecule has 0 radical (unpaired) electrons. The summed E-state index contributed by atoms with van der Waals surface area (Å²) >= 11 is 0. The molecule has 0 fully saturated rings. The Balaban J connectivity index is 2.30.